The first-order valence-corrected chi connectivity index (χ1v) is 10.0. The van der Waals surface area contributed by atoms with Crippen LogP contribution in [-0.2, 0) is 17.9 Å². The zero-order valence-electron chi connectivity index (χ0n) is 16.9. The molecule has 0 aliphatic carbocycles. The van der Waals surface area contributed by atoms with Gasteiger partial charge in [-0.05, 0) is 5.56 Å². The lowest BCUT2D eigenvalue weighted by Gasteiger charge is -2.26. The fourth-order valence-corrected chi connectivity index (χ4v) is 3.56. The number of carbonyl (C=O) groups is 1. The Morgan fingerprint density at radius 2 is 1.81 bits per heavy atom. The molecule has 3 aromatic rings. The summed E-state index contributed by atoms with van der Waals surface area (Å²) in [6, 6.07) is 9.15. The van der Waals surface area contributed by atoms with Gasteiger partial charge in [0.05, 0.1) is 13.2 Å². The Kier molecular flexibility index (Phi) is 6.15. The average molecular weight is 425 g/mol. The summed E-state index contributed by atoms with van der Waals surface area (Å²) < 4.78 is 13.9. The van der Waals surface area contributed by atoms with Crippen molar-refractivity contribution in [3.63, 3.8) is 0 Å². The number of morpholine rings is 1. The molecule has 1 saturated heterocycles. The van der Waals surface area contributed by atoms with Crippen molar-refractivity contribution in [2.45, 2.75) is 13.2 Å². The Morgan fingerprint density at radius 1 is 1.06 bits per heavy atom. The number of rotatable bonds is 7. The number of fused-ring (bicyclic) bond motifs is 1. The van der Waals surface area contributed by atoms with Crippen molar-refractivity contribution in [1.82, 2.24) is 13.9 Å². The maximum absolute atomic E-state index is 13.2. The molecule has 2 aromatic heterocycles. The van der Waals surface area contributed by atoms with Gasteiger partial charge in [0.1, 0.15) is 12.2 Å². The Labute approximate surface area is 177 Å². The van der Waals surface area contributed by atoms with Crippen LogP contribution in [0.3, 0.4) is 0 Å². The molecule has 1 N–H and O–H groups in total. The minimum atomic E-state index is -1.37. The number of pyridine rings is 1. The topological polar surface area (TPSA) is 102 Å². The van der Waals surface area contributed by atoms with Crippen LogP contribution < -0.4 is 15.7 Å². The first kappa shape index (κ1) is 20.8. The van der Waals surface area contributed by atoms with E-state index < -0.39 is 22.5 Å². The van der Waals surface area contributed by atoms with Gasteiger partial charge in [0.2, 0.25) is 5.43 Å². The Morgan fingerprint density at radius 3 is 2.52 bits per heavy atom. The van der Waals surface area contributed by atoms with Gasteiger partial charge in [0.15, 0.2) is 11.3 Å². The molecule has 0 amide bonds. The highest BCUT2D eigenvalue weighted by molar-refractivity contribution is 5.88. The van der Waals surface area contributed by atoms with Crippen molar-refractivity contribution in [3.05, 3.63) is 80.6 Å². The summed E-state index contributed by atoms with van der Waals surface area (Å²) in [6.45, 7) is 4.07. The van der Waals surface area contributed by atoms with Gasteiger partial charge in [0, 0.05) is 44.8 Å². The number of ether oxygens (including phenoxy) is 2. The largest absolute Gasteiger partial charge is 0.483 e. The molecule has 9 nitrogen and oxygen atoms in total. The summed E-state index contributed by atoms with van der Waals surface area (Å²) in [4.78, 5) is 39.8. The van der Waals surface area contributed by atoms with Gasteiger partial charge in [0.25, 0.3) is 5.56 Å². The lowest BCUT2D eigenvalue weighted by Crippen LogP contribution is -2.39. The predicted octanol–water partition coefficient (Wildman–Crippen LogP) is 1.07. The molecule has 0 unspecified atom stereocenters. The van der Waals surface area contributed by atoms with Crippen LogP contribution in [-0.4, -0.2) is 57.8 Å². The van der Waals surface area contributed by atoms with E-state index in [1.807, 2.05) is 30.3 Å². The van der Waals surface area contributed by atoms with Gasteiger partial charge in [-0.2, -0.15) is 0 Å². The smallest absolute Gasteiger partial charge is 0.341 e. The van der Waals surface area contributed by atoms with E-state index in [9.17, 15) is 19.5 Å². The normalized spacial score (nSPS) is 14.6. The molecule has 162 valence electrons. The zero-order chi connectivity index (χ0) is 21.8. The van der Waals surface area contributed by atoms with Crippen molar-refractivity contribution < 1.29 is 19.4 Å². The van der Waals surface area contributed by atoms with Crippen molar-refractivity contribution in [2.24, 2.45) is 0 Å². The molecule has 9 heteroatoms. The van der Waals surface area contributed by atoms with E-state index in [1.165, 1.54) is 8.97 Å². The van der Waals surface area contributed by atoms with E-state index in [2.05, 4.69) is 4.90 Å². The number of aromatic nitrogens is 2. The standard InChI is InChI=1S/C22H23N3O6/c26-19-17(22(28)29)14-25-9-8-24(7-6-23-10-12-30-13-11-23)21(27)18(25)20(19)31-15-16-4-2-1-3-5-16/h1-5,8-9,14H,6-7,10-13,15H2,(H,28,29). The van der Waals surface area contributed by atoms with Gasteiger partial charge in [-0.25, -0.2) is 4.79 Å². The monoisotopic (exact) mass is 425 g/mol. The minimum Gasteiger partial charge on any atom is -0.483 e. The molecule has 0 spiro atoms. The molecule has 0 saturated carbocycles. The van der Waals surface area contributed by atoms with Gasteiger partial charge in [-0.1, -0.05) is 30.3 Å². The van der Waals surface area contributed by atoms with Crippen LogP contribution in [0.15, 0.2) is 58.5 Å². The average Bonchev–Trinajstić information content (AvgIpc) is 2.79. The van der Waals surface area contributed by atoms with E-state index >= 15 is 0 Å². The van der Waals surface area contributed by atoms with E-state index in [0.29, 0.717) is 26.3 Å². The molecule has 1 aromatic carbocycles. The van der Waals surface area contributed by atoms with Crippen LogP contribution >= 0.6 is 0 Å². The van der Waals surface area contributed by atoms with Crippen LogP contribution in [0.5, 0.6) is 5.75 Å². The van der Waals surface area contributed by atoms with Gasteiger partial charge >= 0.3 is 5.97 Å². The number of hydrogen-bond donors (Lipinski definition) is 1. The Bertz CT molecular complexity index is 1200. The molecule has 31 heavy (non-hydrogen) atoms. The number of hydrogen-bond acceptors (Lipinski definition) is 6. The van der Waals surface area contributed by atoms with Crippen LogP contribution in [0.1, 0.15) is 15.9 Å². The second kappa shape index (κ2) is 9.15. The SMILES string of the molecule is O=C(O)c1cn2ccn(CCN3CCOCC3)c(=O)c2c(OCc2ccccc2)c1=O. The molecule has 0 atom stereocenters. The molecule has 0 radical (unpaired) electrons. The molecule has 4 rings (SSSR count). The highest BCUT2D eigenvalue weighted by Gasteiger charge is 2.21. The van der Waals surface area contributed by atoms with Crippen LogP contribution in [0, 0.1) is 0 Å². The Balaban J connectivity index is 1.72. The highest BCUT2D eigenvalue weighted by atomic mass is 16.5. The molecule has 1 aliphatic heterocycles. The molecular formula is C22H23N3O6. The first-order chi connectivity index (χ1) is 15.0. The number of aromatic carboxylic acids is 1. The quantitative estimate of drug-likeness (QED) is 0.604. The van der Waals surface area contributed by atoms with Crippen LogP contribution in [0.2, 0.25) is 0 Å². The lowest BCUT2D eigenvalue weighted by molar-refractivity contribution is 0.0363. The number of carboxylic acid groups (broad SMARTS) is 1. The van der Waals surface area contributed by atoms with E-state index in [-0.39, 0.29) is 17.9 Å². The summed E-state index contributed by atoms with van der Waals surface area (Å²) in [5.74, 6) is -1.63. The van der Waals surface area contributed by atoms with E-state index in [4.69, 9.17) is 9.47 Å². The summed E-state index contributed by atoms with van der Waals surface area (Å²) in [5.41, 5.74) is -0.856. The molecule has 3 heterocycles. The van der Waals surface area contributed by atoms with E-state index in [1.54, 1.807) is 12.4 Å². The fraction of sp³-hybridized carbons (Fsp3) is 0.318. The van der Waals surface area contributed by atoms with Crippen molar-refractivity contribution in [2.75, 3.05) is 32.8 Å². The van der Waals surface area contributed by atoms with Crippen LogP contribution in [0.25, 0.3) is 5.52 Å². The summed E-state index contributed by atoms with van der Waals surface area (Å²) in [5, 5.41) is 9.42. The van der Waals surface area contributed by atoms with Crippen molar-refractivity contribution >= 4 is 11.5 Å². The predicted molar refractivity (Wildman–Crippen MR) is 113 cm³/mol. The number of carboxylic acids is 1. The van der Waals surface area contributed by atoms with Gasteiger partial charge in [-0.15, -0.1) is 0 Å². The molecular weight excluding hydrogens is 402 g/mol. The van der Waals surface area contributed by atoms with Crippen LogP contribution in [0.4, 0.5) is 0 Å². The minimum absolute atomic E-state index is 0.0235. The fourth-order valence-electron chi connectivity index (χ4n) is 3.56. The molecule has 1 fully saturated rings. The third-order valence-corrected chi connectivity index (χ3v) is 5.28. The lowest BCUT2D eigenvalue weighted by atomic mass is 10.2. The first-order valence-electron chi connectivity index (χ1n) is 10.0. The number of benzene rings is 1. The number of nitrogens with zero attached hydrogens (tertiary/aromatic N) is 3. The van der Waals surface area contributed by atoms with E-state index in [0.717, 1.165) is 24.8 Å². The maximum atomic E-state index is 13.2. The summed E-state index contributed by atoms with van der Waals surface area (Å²) in [6.07, 6.45) is 4.31. The zero-order valence-corrected chi connectivity index (χ0v) is 16.9. The summed E-state index contributed by atoms with van der Waals surface area (Å²) in [7, 11) is 0. The molecule has 1 aliphatic rings. The third kappa shape index (κ3) is 4.52. The summed E-state index contributed by atoms with van der Waals surface area (Å²) >= 11 is 0. The van der Waals surface area contributed by atoms with Crippen molar-refractivity contribution in [3.8, 4) is 5.75 Å². The second-order valence-corrected chi connectivity index (χ2v) is 7.29. The second-order valence-electron chi connectivity index (χ2n) is 7.29. The Hall–Kier alpha value is -3.43. The molecule has 0 bridgehead atoms. The highest BCUT2D eigenvalue weighted by Crippen LogP contribution is 2.15. The van der Waals surface area contributed by atoms with Gasteiger partial charge in [-0.3, -0.25) is 14.5 Å². The van der Waals surface area contributed by atoms with Gasteiger partial charge < -0.3 is 23.5 Å². The third-order valence-electron chi connectivity index (χ3n) is 5.28. The van der Waals surface area contributed by atoms with Crippen molar-refractivity contribution in [1.29, 1.82) is 0 Å². The maximum Gasteiger partial charge on any atom is 0.341 e.